The van der Waals surface area contributed by atoms with Crippen molar-refractivity contribution in [2.75, 3.05) is 12.3 Å². The summed E-state index contributed by atoms with van der Waals surface area (Å²) in [5.41, 5.74) is 0.961. The number of benzene rings is 1. The maximum atomic E-state index is 11.0. The minimum Gasteiger partial charge on any atom is -0.355 e. The van der Waals surface area contributed by atoms with Crippen LogP contribution < -0.4 is 5.32 Å². The zero-order valence-corrected chi connectivity index (χ0v) is 12.0. The summed E-state index contributed by atoms with van der Waals surface area (Å²) >= 11 is 13.8. The van der Waals surface area contributed by atoms with E-state index in [4.69, 9.17) is 23.2 Å². The SMILES string of the molecule is CCC(=O)NCCSCc1c(Cl)cccc1Cl. The standard InChI is InChI=1S/C12H15Cl2NOS/c1-2-12(16)15-6-7-17-8-9-10(13)4-3-5-11(9)14/h3-5H,2,6-8H2,1H3,(H,15,16). The van der Waals surface area contributed by atoms with Crippen LogP contribution in [0.15, 0.2) is 18.2 Å². The summed E-state index contributed by atoms with van der Waals surface area (Å²) in [5, 5.41) is 4.22. The molecule has 0 spiro atoms. The molecule has 1 aromatic rings. The van der Waals surface area contributed by atoms with Crippen molar-refractivity contribution in [3.05, 3.63) is 33.8 Å². The average molecular weight is 292 g/mol. The first-order chi connectivity index (χ1) is 8.15. The first kappa shape index (κ1) is 14.7. The highest BCUT2D eigenvalue weighted by Gasteiger charge is 2.05. The molecule has 2 nitrogen and oxygen atoms in total. The summed E-state index contributed by atoms with van der Waals surface area (Å²) in [6.07, 6.45) is 0.529. The lowest BCUT2D eigenvalue weighted by Gasteiger charge is -2.07. The molecular formula is C12H15Cl2NOS. The third kappa shape index (κ3) is 5.19. The zero-order chi connectivity index (χ0) is 12.7. The summed E-state index contributed by atoms with van der Waals surface area (Å²) in [4.78, 5) is 11.0. The lowest BCUT2D eigenvalue weighted by Crippen LogP contribution is -2.24. The van der Waals surface area contributed by atoms with Gasteiger partial charge in [0.25, 0.3) is 0 Å². The van der Waals surface area contributed by atoms with Crippen LogP contribution in [0.2, 0.25) is 10.0 Å². The molecule has 0 aliphatic heterocycles. The summed E-state index contributed by atoms with van der Waals surface area (Å²) in [5.74, 6) is 1.70. The van der Waals surface area contributed by atoms with Crippen LogP contribution in [0.1, 0.15) is 18.9 Å². The van der Waals surface area contributed by atoms with Gasteiger partial charge >= 0.3 is 0 Å². The lowest BCUT2D eigenvalue weighted by atomic mass is 10.2. The Morgan fingerprint density at radius 1 is 1.35 bits per heavy atom. The average Bonchev–Trinajstić information content (AvgIpc) is 2.31. The van der Waals surface area contributed by atoms with Gasteiger partial charge < -0.3 is 5.32 Å². The van der Waals surface area contributed by atoms with Gasteiger partial charge in [-0.2, -0.15) is 11.8 Å². The van der Waals surface area contributed by atoms with Crippen LogP contribution in [-0.2, 0) is 10.5 Å². The molecule has 0 aliphatic carbocycles. The van der Waals surface area contributed by atoms with E-state index in [1.165, 1.54) is 0 Å². The molecule has 0 bridgehead atoms. The largest absolute Gasteiger partial charge is 0.355 e. The van der Waals surface area contributed by atoms with Crippen molar-refractivity contribution in [1.82, 2.24) is 5.32 Å². The predicted octanol–water partition coefficient (Wildman–Crippen LogP) is 3.75. The first-order valence-corrected chi connectivity index (χ1v) is 7.33. The van der Waals surface area contributed by atoms with Crippen molar-refractivity contribution in [3.63, 3.8) is 0 Å². The van der Waals surface area contributed by atoms with Gasteiger partial charge in [0, 0.05) is 34.5 Å². The Kier molecular flexibility index (Phi) is 6.78. The van der Waals surface area contributed by atoms with Gasteiger partial charge in [0.05, 0.1) is 0 Å². The van der Waals surface area contributed by atoms with E-state index < -0.39 is 0 Å². The van der Waals surface area contributed by atoms with Gasteiger partial charge in [-0.3, -0.25) is 4.79 Å². The topological polar surface area (TPSA) is 29.1 Å². The summed E-state index contributed by atoms with van der Waals surface area (Å²) in [6.45, 7) is 2.52. The predicted molar refractivity (Wildman–Crippen MR) is 75.9 cm³/mol. The van der Waals surface area contributed by atoms with Crippen molar-refractivity contribution in [3.8, 4) is 0 Å². The highest BCUT2D eigenvalue weighted by molar-refractivity contribution is 7.98. The van der Waals surface area contributed by atoms with Crippen molar-refractivity contribution in [1.29, 1.82) is 0 Å². The minimum absolute atomic E-state index is 0.0846. The number of rotatable bonds is 6. The molecule has 0 atom stereocenters. The molecule has 0 radical (unpaired) electrons. The van der Waals surface area contributed by atoms with Gasteiger partial charge in [-0.15, -0.1) is 0 Å². The van der Waals surface area contributed by atoms with E-state index in [0.29, 0.717) is 23.0 Å². The third-order valence-corrected chi connectivity index (χ3v) is 3.89. The fourth-order valence-corrected chi connectivity index (χ4v) is 2.83. The van der Waals surface area contributed by atoms with Gasteiger partial charge in [-0.05, 0) is 17.7 Å². The number of carbonyl (C=O) groups is 1. The highest BCUT2D eigenvalue weighted by atomic mass is 35.5. The second kappa shape index (κ2) is 7.85. The van der Waals surface area contributed by atoms with Crippen LogP contribution in [0, 0.1) is 0 Å². The first-order valence-electron chi connectivity index (χ1n) is 5.42. The lowest BCUT2D eigenvalue weighted by molar-refractivity contribution is -0.120. The molecule has 0 saturated carbocycles. The number of hydrogen-bond acceptors (Lipinski definition) is 2. The van der Waals surface area contributed by atoms with Crippen molar-refractivity contribution in [2.24, 2.45) is 0 Å². The molecule has 5 heteroatoms. The van der Waals surface area contributed by atoms with Crippen LogP contribution >= 0.6 is 35.0 Å². The van der Waals surface area contributed by atoms with Crippen LogP contribution in [0.25, 0.3) is 0 Å². The molecule has 0 saturated heterocycles. The van der Waals surface area contributed by atoms with E-state index in [-0.39, 0.29) is 5.91 Å². The van der Waals surface area contributed by atoms with Gasteiger partial charge in [0.15, 0.2) is 0 Å². The van der Waals surface area contributed by atoms with E-state index in [1.807, 2.05) is 25.1 Å². The number of halogens is 2. The summed E-state index contributed by atoms with van der Waals surface area (Å²) in [7, 11) is 0. The molecule has 0 unspecified atom stereocenters. The van der Waals surface area contributed by atoms with E-state index in [0.717, 1.165) is 17.1 Å². The summed E-state index contributed by atoms with van der Waals surface area (Å²) in [6, 6.07) is 5.50. The number of thioether (sulfide) groups is 1. The van der Waals surface area contributed by atoms with Crippen LogP contribution in [0.5, 0.6) is 0 Å². The molecule has 1 N–H and O–H groups in total. The molecule has 0 fully saturated rings. The fraction of sp³-hybridized carbons (Fsp3) is 0.417. The molecular weight excluding hydrogens is 277 g/mol. The molecule has 1 amide bonds. The molecule has 94 valence electrons. The monoisotopic (exact) mass is 291 g/mol. The van der Waals surface area contributed by atoms with E-state index in [2.05, 4.69) is 5.32 Å². The zero-order valence-electron chi connectivity index (χ0n) is 9.63. The van der Waals surface area contributed by atoms with Gasteiger partial charge in [0.2, 0.25) is 5.91 Å². The smallest absolute Gasteiger partial charge is 0.219 e. The van der Waals surface area contributed by atoms with E-state index in [1.54, 1.807) is 11.8 Å². The quantitative estimate of drug-likeness (QED) is 0.809. The second-order valence-electron chi connectivity index (χ2n) is 3.46. The summed E-state index contributed by atoms with van der Waals surface area (Å²) < 4.78 is 0. The van der Waals surface area contributed by atoms with Gasteiger partial charge in [0.1, 0.15) is 0 Å². The Hall–Kier alpha value is -0.380. The number of hydrogen-bond donors (Lipinski definition) is 1. The Morgan fingerprint density at radius 3 is 2.59 bits per heavy atom. The minimum atomic E-state index is 0.0846. The number of amides is 1. The highest BCUT2D eigenvalue weighted by Crippen LogP contribution is 2.27. The molecule has 0 heterocycles. The number of nitrogens with one attached hydrogen (secondary N) is 1. The van der Waals surface area contributed by atoms with Crippen LogP contribution in [-0.4, -0.2) is 18.2 Å². The van der Waals surface area contributed by atoms with E-state index in [9.17, 15) is 4.79 Å². The fourth-order valence-electron chi connectivity index (χ4n) is 1.23. The molecule has 0 aromatic heterocycles. The third-order valence-electron chi connectivity index (χ3n) is 2.20. The van der Waals surface area contributed by atoms with Crippen molar-refractivity contribution < 1.29 is 4.79 Å². The van der Waals surface area contributed by atoms with E-state index >= 15 is 0 Å². The Balaban J connectivity index is 2.29. The molecule has 0 aliphatic rings. The van der Waals surface area contributed by atoms with Crippen molar-refractivity contribution >= 4 is 40.9 Å². The van der Waals surface area contributed by atoms with Crippen molar-refractivity contribution in [2.45, 2.75) is 19.1 Å². The van der Waals surface area contributed by atoms with Crippen LogP contribution in [0.3, 0.4) is 0 Å². The Morgan fingerprint density at radius 2 is 2.00 bits per heavy atom. The maximum absolute atomic E-state index is 11.0. The normalized spacial score (nSPS) is 10.3. The number of carbonyl (C=O) groups excluding carboxylic acids is 1. The van der Waals surface area contributed by atoms with Crippen LogP contribution in [0.4, 0.5) is 0 Å². The Labute approximate surface area is 116 Å². The molecule has 17 heavy (non-hydrogen) atoms. The molecule has 1 aromatic carbocycles. The molecule has 1 rings (SSSR count). The Bertz CT molecular complexity index is 365. The second-order valence-corrected chi connectivity index (χ2v) is 5.38. The maximum Gasteiger partial charge on any atom is 0.219 e. The van der Waals surface area contributed by atoms with Gasteiger partial charge in [-0.25, -0.2) is 0 Å². The van der Waals surface area contributed by atoms with Gasteiger partial charge in [-0.1, -0.05) is 36.2 Å².